The summed E-state index contributed by atoms with van der Waals surface area (Å²) in [7, 11) is 0. The van der Waals surface area contributed by atoms with Crippen molar-refractivity contribution >= 4 is 11.8 Å². The Balaban J connectivity index is 2.30. The van der Waals surface area contributed by atoms with Crippen molar-refractivity contribution in [2.75, 3.05) is 12.8 Å². The quantitative estimate of drug-likeness (QED) is 0.708. The molecule has 0 aliphatic heterocycles. The molecule has 66 valence electrons. The van der Waals surface area contributed by atoms with Crippen LogP contribution in [0.2, 0.25) is 0 Å². The van der Waals surface area contributed by atoms with Gasteiger partial charge in [-0.2, -0.15) is 11.8 Å². The van der Waals surface area contributed by atoms with Crippen molar-refractivity contribution in [1.82, 2.24) is 0 Å². The standard InChI is InChI=1S/C9H19NS/c1-11-9(7-10)8-5-3-2-4-6-8/h8-9H,2-7,10H2,1H3. The molecule has 2 heteroatoms. The molecule has 0 spiro atoms. The van der Waals surface area contributed by atoms with Crippen LogP contribution in [0.15, 0.2) is 0 Å². The van der Waals surface area contributed by atoms with Gasteiger partial charge in [0.15, 0.2) is 0 Å². The SMILES string of the molecule is CSC(CN)C1CCCCC1. The summed E-state index contributed by atoms with van der Waals surface area (Å²) in [6, 6.07) is 0. The highest BCUT2D eigenvalue weighted by Crippen LogP contribution is 2.30. The van der Waals surface area contributed by atoms with Gasteiger partial charge in [-0.25, -0.2) is 0 Å². The van der Waals surface area contributed by atoms with Crippen molar-refractivity contribution in [3.63, 3.8) is 0 Å². The maximum Gasteiger partial charge on any atom is 0.0195 e. The molecule has 0 amide bonds. The first-order valence-electron chi connectivity index (χ1n) is 4.61. The molecule has 0 aromatic rings. The van der Waals surface area contributed by atoms with Gasteiger partial charge in [0.05, 0.1) is 0 Å². The average molecular weight is 173 g/mol. The maximum atomic E-state index is 5.69. The summed E-state index contributed by atoms with van der Waals surface area (Å²) < 4.78 is 0. The van der Waals surface area contributed by atoms with E-state index in [1.54, 1.807) is 0 Å². The molecule has 1 atom stereocenters. The van der Waals surface area contributed by atoms with Crippen molar-refractivity contribution in [2.45, 2.75) is 37.4 Å². The molecule has 1 fully saturated rings. The lowest BCUT2D eigenvalue weighted by Crippen LogP contribution is -2.27. The van der Waals surface area contributed by atoms with Crippen LogP contribution >= 0.6 is 11.8 Å². The van der Waals surface area contributed by atoms with E-state index in [-0.39, 0.29) is 0 Å². The van der Waals surface area contributed by atoms with Crippen LogP contribution in [-0.4, -0.2) is 18.1 Å². The molecule has 2 N–H and O–H groups in total. The van der Waals surface area contributed by atoms with E-state index in [9.17, 15) is 0 Å². The summed E-state index contributed by atoms with van der Waals surface area (Å²) in [5, 5.41) is 0.732. The van der Waals surface area contributed by atoms with Crippen molar-refractivity contribution < 1.29 is 0 Å². The van der Waals surface area contributed by atoms with Gasteiger partial charge >= 0.3 is 0 Å². The first-order valence-corrected chi connectivity index (χ1v) is 5.90. The summed E-state index contributed by atoms with van der Waals surface area (Å²) in [6.45, 7) is 0.867. The first kappa shape index (κ1) is 9.40. The predicted octanol–water partition coefficient (Wildman–Crippen LogP) is 2.26. The Hall–Kier alpha value is 0.310. The fourth-order valence-electron chi connectivity index (χ4n) is 1.99. The third kappa shape index (κ3) is 2.68. The minimum Gasteiger partial charge on any atom is -0.329 e. The van der Waals surface area contributed by atoms with Crippen molar-refractivity contribution in [3.8, 4) is 0 Å². The molecule has 0 aromatic heterocycles. The summed E-state index contributed by atoms with van der Waals surface area (Å²) >= 11 is 1.95. The second-order valence-corrected chi connectivity index (χ2v) is 4.48. The number of hydrogen-bond acceptors (Lipinski definition) is 2. The highest BCUT2D eigenvalue weighted by atomic mass is 32.2. The Morgan fingerprint density at radius 2 is 2.00 bits per heavy atom. The lowest BCUT2D eigenvalue weighted by molar-refractivity contribution is 0.351. The van der Waals surface area contributed by atoms with E-state index < -0.39 is 0 Å². The van der Waals surface area contributed by atoms with Gasteiger partial charge in [-0.15, -0.1) is 0 Å². The number of hydrogen-bond donors (Lipinski definition) is 1. The Kier molecular flexibility index (Phi) is 4.31. The van der Waals surface area contributed by atoms with Crippen LogP contribution in [0.4, 0.5) is 0 Å². The molecule has 1 unspecified atom stereocenters. The second kappa shape index (κ2) is 5.04. The van der Waals surface area contributed by atoms with E-state index in [4.69, 9.17) is 5.73 Å². The van der Waals surface area contributed by atoms with Gasteiger partial charge < -0.3 is 5.73 Å². The molecule has 0 aromatic carbocycles. The van der Waals surface area contributed by atoms with Gasteiger partial charge in [0.2, 0.25) is 0 Å². The minimum absolute atomic E-state index is 0.732. The number of nitrogens with two attached hydrogens (primary N) is 1. The third-order valence-electron chi connectivity index (χ3n) is 2.71. The molecule has 1 aliphatic rings. The van der Waals surface area contributed by atoms with Gasteiger partial charge in [-0.1, -0.05) is 19.3 Å². The molecule has 1 aliphatic carbocycles. The maximum absolute atomic E-state index is 5.69. The van der Waals surface area contributed by atoms with Gasteiger partial charge in [0, 0.05) is 11.8 Å². The largest absolute Gasteiger partial charge is 0.329 e. The Morgan fingerprint density at radius 3 is 2.45 bits per heavy atom. The van der Waals surface area contributed by atoms with Gasteiger partial charge in [0.25, 0.3) is 0 Å². The highest BCUT2D eigenvalue weighted by molar-refractivity contribution is 7.99. The van der Waals surface area contributed by atoms with E-state index in [1.165, 1.54) is 32.1 Å². The zero-order chi connectivity index (χ0) is 8.10. The topological polar surface area (TPSA) is 26.0 Å². The molecule has 11 heavy (non-hydrogen) atoms. The van der Waals surface area contributed by atoms with E-state index in [2.05, 4.69) is 6.26 Å². The normalized spacial score (nSPS) is 23.5. The Bertz CT molecular complexity index is 95.7. The number of rotatable bonds is 3. The molecule has 0 heterocycles. The molecule has 1 nitrogen and oxygen atoms in total. The Labute approximate surface area is 74.1 Å². The molecule has 1 rings (SSSR count). The zero-order valence-electron chi connectivity index (χ0n) is 7.38. The monoisotopic (exact) mass is 173 g/mol. The van der Waals surface area contributed by atoms with E-state index in [0.717, 1.165) is 17.7 Å². The van der Waals surface area contributed by atoms with Crippen LogP contribution in [0.5, 0.6) is 0 Å². The lowest BCUT2D eigenvalue weighted by Gasteiger charge is -2.27. The summed E-state index contributed by atoms with van der Waals surface area (Å²) in [5.41, 5.74) is 5.69. The summed E-state index contributed by atoms with van der Waals surface area (Å²) in [6.07, 6.45) is 9.34. The lowest BCUT2D eigenvalue weighted by atomic mass is 9.87. The van der Waals surface area contributed by atoms with E-state index in [1.807, 2.05) is 11.8 Å². The highest BCUT2D eigenvalue weighted by Gasteiger charge is 2.21. The van der Waals surface area contributed by atoms with Crippen molar-refractivity contribution in [3.05, 3.63) is 0 Å². The molecule has 1 saturated carbocycles. The van der Waals surface area contributed by atoms with Gasteiger partial charge in [0.1, 0.15) is 0 Å². The summed E-state index contributed by atoms with van der Waals surface area (Å²) in [4.78, 5) is 0. The second-order valence-electron chi connectivity index (χ2n) is 3.41. The van der Waals surface area contributed by atoms with Crippen LogP contribution in [0, 0.1) is 5.92 Å². The van der Waals surface area contributed by atoms with Gasteiger partial charge in [-0.3, -0.25) is 0 Å². The van der Waals surface area contributed by atoms with E-state index in [0.29, 0.717) is 0 Å². The van der Waals surface area contributed by atoms with Crippen LogP contribution in [0.25, 0.3) is 0 Å². The molecule has 0 saturated heterocycles. The van der Waals surface area contributed by atoms with Crippen molar-refractivity contribution in [1.29, 1.82) is 0 Å². The first-order chi connectivity index (χ1) is 5.38. The van der Waals surface area contributed by atoms with Crippen LogP contribution in [-0.2, 0) is 0 Å². The van der Waals surface area contributed by atoms with E-state index >= 15 is 0 Å². The van der Waals surface area contributed by atoms with Crippen LogP contribution < -0.4 is 5.73 Å². The molecular formula is C9H19NS. The average Bonchev–Trinajstić information content (AvgIpc) is 2.09. The van der Waals surface area contributed by atoms with Gasteiger partial charge in [-0.05, 0) is 25.0 Å². The molecule has 0 bridgehead atoms. The minimum atomic E-state index is 0.732. The predicted molar refractivity (Wildman–Crippen MR) is 52.9 cm³/mol. The van der Waals surface area contributed by atoms with Crippen molar-refractivity contribution in [2.24, 2.45) is 11.7 Å². The third-order valence-corrected chi connectivity index (χ3v) is 3.89. The molecule has 0 radical (unpaired) electrons. The van der Waals surface area contributed by atoms with Crippen LogP contribution in [0.3, 0.4) is 0 Å². The van der Waals surface area contributed by atoms with Crippen LogP contribution in [0.1, 0.15) is 32.1 Å². The fourth-order valence-corrected chi connectivity index (χ4v) is 2.84. The zero-order valence-corrected chi connectivity index (χ0v) is 8.20. The fraction of sp³-hybridized carbons (Fsp3) is 1.00. The molecular weight excluding hydrogens is 154 g/mol. The smallest absolute Gasteiger partial charge is 0.0195 e. The Morgan fingerprint density at radius 1 is 1.36 bits per heavy atom. The summed E-state index contributed by atoms with van der Waals surface area (Å²) in [5.74, 6) is 0.920. The number of thioether (sulfide) groups is 1.